The maximum absolute atomic E-state index is 10.4. The summed E-state index contributed by atoms with van der Waals surface area (Å²) in [6.07, 6.45) is -1.51. The number of carboxylic acids is 2. The molecule has 0 fully saturated rings. The Balaban J connectivity index is 0.000000342. The molecule has 2 atom stereocenters. The van der Waals surface area contributed by atoms with Gasteiger partial charge >= 0.3 is 11.9 Å². The molecular weight excluding hydrogens is 260 g/mol. The average molecular weight is 272 g/mol. The molecule has 1 heterocycles. The molecule has 0 saturated heterocycles. The molecule has 1 rings (SSSR count). The minimum atomic E-state index is -2.27. The van der Waals surface area contributed by atoms with Crippen molar-refractivity contribution in [2.75, 3.05) is 0 Å². The zero-order valence-corrected chi connectivity index (χ0v) is 9.50. The predicted molar refractivity (Wildman–Crippen MR) is 60.0 cm³/mol. The van der Waals surface area contributed by atoms with Crippen LogP contribution in [0.2, 0.25) is 0 Å². The minimum Gasteiger partial charge on any atom is -0.479 e. The topological polar surface area (TPSA) is 171 Å². The Labute approximate surface area is 106 Å². The summed E-state index contributed by atoms with van der Waals surface area (Å²) in [6.45, 7) is 0. The SMILES string of the molecule is NC(=O)c1cccnc1.O=C(O)C(O)C(O)C(=O)O. The van der Waals surface area contributed by atoms with Crippen LogP contribution in [0, 0.1) is 0 Å². The van der Waals surface area contributed by atoms with Gasteiger partial charge in [-0.05, 0) is 12.1 Å². The first-order valence-corrected chi connectivity index (χ1v) is 4.79. The molecule has 1 aromatic heterocycles. The van der Waals surface area contributed by atoms with Gasteiger partial charge in [0.05, 0.1) is 5.56 Å². The lowest BCUT2D eigenvalue weighted by atomic mass is 10.2. The minimum absolute atomic E-state index is 0.442. The van der Waals surface area contributed by atoms with Crippen LogP contribution in [0.15, 0.2) is 24.5 Å². The van der Waals surface area contributed by atoms with Gasteiger partial charge in [-0.3, -0.25) is 9.78 Å². The van der Waals surface area contributed by atoms with Crippen molar-refractivity contribution in [3.05, 3.63) is 30.1 Å². The number of aliphatic hydroxyl groups is 2. The molecule has 1 aromatic rings. The van der Waals surface area contributed by atoms with Gasteiger partial charge in [-0.1, -0.05) is 0 Å². The highest BCUT2D eigenvalue weighted by Gasteiger charge is 2.29. The first-order chi connectivity index (χ1) is 8.77. The number of nitrogens with two attached hydrogens (primary N) is 1. The molecule has 0 saturated carbocycles. The number of aliphatic hydroxyl groups excluding tert-OH is 2. The van der Waals surface area contributed by atoms with Crippen molar-refractivity contribution in [1.82, 2.24) is 4.98 Å². The zero-order chi connectivity index (χ0) is 15.0. The second kappa shape index (κ2) is 7.74. The summed E-state index contributed by atoms with van der Waals surface area (Å²) >= 11 is 0. The Bertz CT molecular complexity index is 430. The van der Waals surface area contributed by atoms with Gasteiger partial charge in [0, 0.05) is 12.4 Å². The smallest absolute Gasteiger partial charge is 0.335 e. The second-order valence-corrected chi connectivity index (χ2v) is 3.17. The van der Waals surface area contributed by atoms with Crippen LogP contribution >= 0.6 is 0 Å². The van der Waals surface area contributed by atoms with Gasteiger partial charge in [0.25, 0.3) is 0 Å². The summed E-state index contributed by atoms with van der Waals surface area (Å²) in [5, 5.41) is 32.5. The third kappa shape index (κ3) is 6.10. The van der Waals surface area contributed by atoms with E-state index in [1.54, 1.807) is 18.3 Å². The second-order valence-electron chi connectivity index (χ2n) is 3.17. The molecule has 0 aliphatic carbocycles. The fraction of sp³-hybridized carbons (Fsp3) is 0.200. The summed E-state index contributed by atoms with van der Waals surface area (Å²) in [6, 6.07) is 3.29. The number of aromatic nitrogens is 1. The van der Waals surface area contributed by atoms with Crippen LogP contribution in [0.5, 0.6) is 0 Å². The average Bonchev–Trinajstić information content (AvgIpc) is 2.38. The molecule has 9 nitrogen and oxygen atoms in total. The molecule has 2 unspecified atom stereocenters. The van der Waals surface area contributed by atoms with Crippen LogP contribution < -0.4 is 5.73 Å². The van der Waals surface area contributed by atoms with Gasteiger partial charge in [0.1, 0.15) is 0 Å². The van der Waals surface area contributed by atoms with Gasteiger partial charge < -0.3 is 26.2 Å². The fourth-order valence-corrected chi connectivity index (χ4v) is 0.779. The Hall–Kier alpha value is -2.52. The lowest BCUT2D eigenvalue weighted by Crippen LogP contribution is -2.39. The van der Waals surface area contributed by atoms with E-state index in [0.29, 0.717) is 5.56 Å². The standard InChI is InChI=1S/C6H6N2O.C4H6O6/c7-6(9)5-2-1-3-8-4-5;5-1(3(7)8)2(6)4(9)10/h1-4H,(H2,7,9);1-2,5-6H,(H,7,8)(H,9,10). The number of rotatable bonds is 4. The van der Waals surface area contributed by atoms with Crippen molar-refractivity contribution in [3.63, 3.8) is 0 Å². The molecule has 0 radical (unpaired) electrons. The van der Waals surface area contributed by atoms with Crippen LogP contribution in [0.3, 0.4) is 0 Å². The van der Waals surface area contributed by atoms with Gasteiger partial charge in [0.2, 0.25) is 5.91 Å². The van der Waals surface area contributed by atoms with E-state index in [-0.39, 0.29) is 0 Å². The van der Waals surface area contributed by atoms with Crippen LogP contribution in [0.4, 0.5) is 0 Å². The summed E-state index contributed by atoms with van der Waals surface area (Å²) in [7, 11) is 0. The number of hydrogen-bond donors (Lipinski definition) is 5. The lowest BCUT2D eigenvalue weighted by Gasteiger charge is -2.07. The van der Waals surface area contributed by atoms with E-state index in [1.807, 2.05) is 0 Å². The Morgan fingerprint density at radius 1 is 1.11 bits per heavy atom. The Kier molecular flexibility index (Phi) is 6.71. The van der Waals surface area contributed by atoms with Crippen molar-refractivity contribution >= 4 is 17.8 Å². The molecule has 6 N–H and O–H groups in total. The zero-order valence-electron chi connectivity index (χ0n) is 9.50. The normalized spacial score (nSPS) is 12.5. The highest BCUT2D eigenvalue weighted by Crippen LogP contribution is 1.92. The van der Waals surface area contributed by atoms with Crippen molar-refractivity contribution in [2.24, 2.45) is 5.73 Å². The monoisotopic (exact) mass is 272 g/mol. The van der Waals surface area contributed by atoms with Gasteiger partial charge in [-0.15, -0.1) is 0 Å². The maximum Gasteiger partial charge on any atom is 0.335 e. The number of hydrogen-bond acceptors (Lipinski definition) is 6. The first kappa shape index (κ1) is 16.5. The van der Waals surface area contributed by atoms with Gasteiger partial charge in [0.15, 0.2) is 12.2 Å². The summed E-state index contributed by atoms with van der Waals surface area (Å²) in [4.78, 5) is 33.6. The predicted octanol–water partition coefficient (Wildman–Crippen LogP) is -1.94. The van der Waals surface area contributed by atoms with E-state index in [4.69, 9.17) is 26.2 Å². The Morgan fingerprint density at radius 2 is 1.58 bits per heavy atom. The van der Waals surface area contributed by atoms with E-state index in [2.05, 4.69) is 4.98 Å². The van der Waals surface area contributed by atoms with E-state index in [1.165, 1.54) is 6.20 Å². The summed E-state index contributed by atoms with van der Waals surface area (Å²) in [5.41, 5.74) is 5.38. The maximum atomic E-state index is 10.4. The van der Waals surface area contributed by atoms with Crippen molar-refractivity contribution in [3.8, 4) is 0 Å². The quantitative estimate of drug-likeness (QED) is 0.421. The Morgan fingerprint density at radius 3 is 1.79 bits per heavy atom. The molecule has 0 aromatic carbocycles. The molecule has 1 amide bonds. The third-order valence-corrected chi connectivity index (χ3v) is 1.75. The summed E-state index contributed by atoms with van der Waals surface area (Å²) in [5.74, 6) is -3.98. The van der Waals surface area contributed by atoms with Crippen LogP contribution in [-0.2, 0) is 9.59 Å². The molecule has 0 aliphatic heterocycles. The molecule has 104 valence electrons. The molecule has 9 heteroatoms. The first-order valence-electron chi connectivity index (χ1n) is 4.79. The third-order valence-electron chi connectivity index (χ3n) is 1.75. The number of pyridine rings is 1. The summed E-state index contributed by atoms with van der Waals surface area (Å²) < 4.78 is 0. The van der Waals surface area contributed by atoms with Gasteiger partial charge in [-0.25, -0.2) is 9.59 Å². The van der Waals surface area contributed by atoms with Crippen molar-refractivity contribution in [1.29, 1.82) is 0 Å². The number of nitrogens with zero attached hydrogens (tertiary/aromatic N) is 1. The van der Waals surface area contributed by atoms with Crippen molar-refractivity contribution < 1.29 is 34.8 Å². The molecule has 0 spiro atoms. The number of carbonyl (C=O) groups is 3. The molecule has 19 heavy (non-hydrogen) atoms. The van der Waals surface area contributed by atoms with E-state index < -0.39 is 30.1 Å². The largest absolute Gasteiger partial charge is 0.479 e. The number of carboxylic acid groups (broad SMARTS) is 2. The van der Waals surface area contributed by atoms with E-state index in [9.17, 15) is 14.4 Å². The lowest BCUT2D eigenvalue weighted by molar-refractivity contribution is -0.165. The van der Waals surface area contributed by atoms with Gasteiger partial charge in [-0.2, -0.15) is 0 Å². The molecular formula is C10H12N2O7. The molecule has 0 aliphatic rings. The molecule has 0 bridgehead atoms. The van der Waals surface area contributed by atoms with Crippen LogP contribution in [0.1, 0.15) is 10.4 Å². The van der Waals surface area contributed by atoms with E-state index in [0.717, 1.165) is 0 Å². The number of primary amides is 1. The van der Waals surface area contributed by atoms with Crippen molar-refractivity contribution in [2.45, 2.75) is 12.2 Å². The highest BCUT2D eigenvalue weighted by molar-refractivity contribution is 5.92. The fourth-order valence-electron chi connectivity index (χ4n) is 0.779. The number of amides is 1. The van der Waals surface area contributed by atoms with E-state index >= 15 is 0 Å². The number of carbonyl (C=O) groups excluding carboxylic acids is 1. The number of aliphatic carboxylic acids is 2. The van der Waals surface area contributed by atoms with Crippen LogP contribution in [-0.4, -0.2) is 55.5 Å². The van der Waals surface area contributed by atoms with Crippen LogP contribution in [0.25, 0.3) is 0 Å². The highest BCUT2D eigenvalue weighted by atomic mass is 16.4.